The van der Waals surface area contributed by atoms with E-state index in [9.17, 15) is 4.39 Å². The Hall–Kier alpha value is -1.94. The fourth-order valence-corrected chi connectivity index (χ4v) is 1.37. The molecule has 3 N–H and O–H groups in total. The Balaban J connectivity index is 0.00000144. The lowest BCUT2D eigenvalue weighted by atomic mass is 10.1. The van der Waals surface area contributed by atoms with Crippen molar-refractivity contribution in [2.45, 2.75) is 0 Å². The van der Waals surface area contributed by atoms with Gasteiger partial charge in [-0.25, -0.2) is 4.39 Å². The zero-order valence-corrected chi connectivity index (χ0v) is 9.67. The van der Waals surface area contributed by atoms with Crippen molar-refractivity contribution in [1.29, 1.82) is 5.41 Å². The van der Waals surface area contributed by atoms with E-state index in [0.717, 1.165) is 11.1 Å². The molecule has 1 heterocycles. The third-order valence-corrected chi connectivity index (χ3v) is 2.22. The molecule has 5 heteroatoms. The lowest BCUT2D eigenvalue weighted by Crippen LogP contribution is -2.12. The molecule has 17 heavy (non-hydrogen) atoms. The predicted molar refractivity (Wildman–Crippen MR) is 67.9 cm³/mol. The summed E-state index contributed by atoms with van der Waals surface area (Å²) < 4.78 is 12.7. The van der Waals surface area contributed by atoms with Crippen LogP contribution in [0.2, 0.25) is 0 Å². The summed E-state index contributed by atoms with van der Waals surface area (Å²) in [5, 5.41) is 7.20. The third kappa shape index (κ3) is 3.01. The minimum absolute atomic E-state index is 0. The van der Waals surface area contributed by atoms with Crippen molar-refractivity contribution < 1.29 is 4.39 Å². The first-order valence-corrected chi connectivity index (χ1v) is 4.73. The lowest BCUT2D eigenvalue weighted by Gasteiger charge is -2.02. The van der Waals surface area contributed by atoms with Crippen molar-refractivity contribution in [3.8, 4) is 11.1 Å². The van der Waals surface area contributed by atoms with Crippen molar-refractivity contribution in [1.82, 2.24) is 4.98 Å². The largest absolute Gasteiger partial charge is 0.382 e. The minimum atomic E-state index is -0.267. The van der Waals surface area contributed by atoms with Crippen LogP contribution in [-0.4, -0.2) is 10.8 Å². The zero-order valence-electron chi connectivity index (χ0n) is 8.85. The van der Waals surface area contributed by atoms with Gasteiger partial charge in [0.1, 0.15) is 17.3 Å². The first-order valence-electron chi connectivity index (χ1n) is 4.73. The zero-order chi connectivity index (χ0) is 11.5. The van der Waals surface area contributed by atoms with Crippen LogP contribution in [0.1, 0.15) is 5.69 Å². The van der Waals surface area contributed by atoms with Crippen molar-refractivity contribution in [3.63, 3.8) is 0 Å². The molecule has 1 aromatic carbocycles. The molecule has 0 aliphatic carbocycles. The van der Waals surface area contributed by atoms with E-state index in [-0.39, 0.29) is 24.1 Å². The van der Waals surface area contributed by atoms with Crippen LogP contribution in [0, 0.1) is 11.2 Å². The highest BCUT2D eigenvalue weighted by molar-refractivity contribution is 5.93. The summed E-state index contributed by atoms with van der Waals surface area (Å²) in [5.74, 6) is -0.331. The quantitative estimate of drug-likeness (QED) is 0.637. The van der Waals surface area contributed by atoms with Gasteiger partial charge >= 0.3 is 0 Å². The average molecular weight is 252 g/mol. The molecule has 1 aromatic heterocycles. The number of nitrogens with two attached hydrogens (primary N) is 1. The van der Waals surface area contributed by atoms with Gasteiger partial charge < -0.3 is 5.73 Å². The van der Waals surface area contributed by atoms with Gasteiger partial charge in [0.2, 0.25) is 0 Å². The molecule has 0 spiro atoms. The number of hydrogen-bond acceptors (Lipinski definition) is 2. The number of nitrogen functional groups attached to an aromatic ring is 1. The maximum absolute atomic E-state index is 12.7. The van der Waals surface area contributed by atoms with Gasteiger partial charge in [-0.15, -0.1) is 12.4 Å². The molecule has 0 unspecified atom stereocenters. The summed E-state index contributed by atoms with van der Waals surface area (Å²) in [6.45, 7) is 0. The molecular formula is C12H11ClFN3. The summed E-state index contributed by atoms with van der Waals surface area (Å²) in [6.07, 6.45) is 1.62. The number of amidine groups is 1. The number of pyridine rings is 1. The molecule has 2 rings (SSSR count). The van der Waals surface area contributed by atoms with Crippen molar-refractivity contribution in [3.05, 3.63) is 54.1 Å². The van der Waals surface area contributed by atoms with Crippen LogP contribution < -0.4 is 5.73 Å². The monoisotopic (exact) mass is 251 g/mol. The van der Waals surface area contributed by atoms with E-state index in [1.165, 1.54) is 12.1 Å². The number of rotatable bonds is 2. The first-order chi connectivity index (χ1) is 7.66. The highest BCUT2D eigenvalue weighted by Crippen LogP contribution is 2.18. The van der Waals surface area contributed by atoms with E-state index in [1.807, 2.05) is 0 Å². The minimum Gasteiger partial charge on any atom is -0.382 e. The Bertz CT molecular complexity index is 508. The van der Waals surface area contributed by atoms with Gasteiger partial charge in [0.05, 0.1) is 0 Å². The fraction of sp³-hybridized carbons (Fsp3) is 0. The van der Waals surface area contributed by atoms with Crippen molar-refractivity contribution in [2.24, 2.45) is 5.73 Å². The topological polar surface area (TPSA) is 62.8 Å². The molecule has 0 fully saturated rings. The summed E-state index contributed by atoms with van der Waals surface area (Å²) in [7, 11) is 0. The van der Waals surface area contributed by atoms with Crippen molar-refractivity contribution >= 4 is 18.2 Å². The van der Waals surface area contributed by atoms with E-state index in [0.29, 0.717) is 5.69 Å². The molecule has 3 nitrogen and oxygen atoms in total. The van der Waals surface area contributed by atoms with Crippen LogP contribution in [0.15, 0.2) is 42.6 Å². The molecular weight excluding hydrogens is 241 g/mol. The van der Waals surface area contributed by atoms with Crippen LogP contribution in [-0.2, 0) is 0 Å². The van der Waals surface area contributed by atoms with E-state index in [4.69, 9.17) is 11.1 Å². The lowest BCUT2D eigenvalue weighted by molar-refractivity contribution is 0.628. The Labute approximate surface area is 104 Å². The SMILES string of the molecule is Cl.N=C(N)c1ccc(-c2ccc(F)cc2)cn1. The Morgan fingerprint density at radius 1 is 1.06 bits per heavy atom. The van der Waals surface area contributed by atoms with E-state index in [2.05, 4.69) is 4.98 Å². The molecule has 2 aromatic rings. The highest BCUT2D eigenvalue weighted by atomic mass is 35.5. The van der Waals surface area contributed by atoms with Gasteiger partial charge in [-0.2, -0.15) is 0 Å². The molecule has 0 bridgehead atoms. The summed E-state index contributed by atoms with van der Waals surface area (Å²) >= 11 is 0. The van der Waals surface area contributed by atoms with Crippen LogP contribution >= 0.6 is 12.4 Å². The second-order valence-electron chi connectivity index (χ2n) is 3.35. The number of hydrogen-bond donors (Lipinski definition) is 2. The first kappa shape index (κ1) is 13.1. The number of benzene rings is 1. The highest BCUT2D eigenvalue weighted by Gasteiger charge is 2.01. The van der Waals surface area contributed by atoms with Gasteiger partial charge in [0.15, 0.2) is 0 Å². The Kier molecular flexibility index (Phi) is 4.17. The summed E-state index contributed by atoms with van der Waals surface area (Å²) in [4.78, 5) is 4.03. The smallest absolute Gasteiger partial charge is 0.141 e. The van der Waals surface area contributed by atoms with Crippen LogP contribution in [0.3, 0.4) is 0 Å². The van der Waals surface area contributed by atoms with Gasteiger partial charge in [0.25, 0.3) is 0 Å². The standard InChI is InChI=1S/C12H10FN3.ClH/c13-10-4-1-8(2-5-10)9-3-6-11(12(14)15)16-7-9;/h1-7H,(H3,14,15);1H. The maximum atomic E-state index is 12.7. The second-order valence-corrected chi connectivity index (χ2v) is 3.35. The predicted octanol–water partition coefficient (Wildman–Crippen LogP) is 2.59. The second kappa shape index (κ2) is 5.41. The van der Waals surface area contributed by atoms with Gasteiger partial charge in [0, 0.05) is 11.8 Å². The number of halogens is 2. The molecule has 0 saturated heterocycles. The maximum Gasteiger partial charge on any atom is 0.141 e. The summed E-state index contributed by atoms with van der Waals surface area (Å²) in [6, 6.07) is 9.63. The Morgan fingerprint density at radius 2 is 1.65 bits per heavy atom. The molecule has 0 saturated carbocycles. The molecule has 88 valence electrons. The van der Waals surface area contributed by atoms with Crippen LogP contribution in [0.5, 0.6) is 0 Å². The molecule has 0 amide bonds. The number of nitrogens with zero attached hydrogens (tertiary/aromatic N) is 1. The van der Waals surface area contributed by atoms with Gasteiger partial charge in [-0.1, -0.05) is 18.2 Å². The van der Waals surface area contributed by atoms with Crippen molar-refractivity contribution in [2.75, 3.05) is 0 Å². The number of nitrogens with one attached hydrogen (secondary N) is 1. The number of aromatic nitrogens is 1. The molecule has 0 aliphatic rings. The Morgan fingerprint density at radius 3 is 2.12 bits per heavy atom. The van der Waals surface area contributed by atoms with Crippen LogP contribution in [0.4, 0.5) is 4.39 Å². The van der Waals surface area contributed by atoms with E-state index >= 15 is 0 Å². The van der Waals surface area contributed by atoms with E-state index < -0.39 is 0 Å². The van der Waals surface area contributed by atoms with E-state index in [1.54, 1.807) is 30.5 Å². The molecule has 0 radical (unpaired) electrons. The normalized spacial score (nSPS) is 9.47. The van der Waals surface area contributed by atoms with Gasteiger partial charge in [-0.3, -0.25) is 10.4 Å². The average Bonchev–Trinajstić information content (AvgIpc) is 2.30. The third-order valence-electron chi connectivity index (χ3n) is 2.22. The molecule has 0 atom stereocenters. The van der Waals surface area contributed by atoms with Gasteiger partial charge in [-0.05, 0) is 23.8 Å². The fourth-order valence-electron chi connectivity index (χ4n) is 1.37. The molecule has 0 aliphatic heterocycles. The summed E-state index contributed by atoms with van der Waals surface area (Å²) in [5.41, 5.74) is 7.47. The van der Waals surface area contributed by atoms with Crippen LogP contribution in [0.25, 0.3) is 11.1 Å².